The topological polar surface area (TPSA) is 115 Å². The van der Waals surface area contributed by atoms with E-state index in [2.05, 4.69) is 10.3 Å². The lowest BCUT2D eigenvalue weighted by molar-refractivity contribution is -0.116. The number of aromatic nitrogens is 4. The van der Waals surface area contributed by atoms with Crippen molar-refractivity contribution in [2.45, 2.75) is 13.0 Å². The second-order valence-electron chi connectivity index (χ2n) is 5.77. The van der Waals surface area contributed by atoms with Crippen molar-refractivity contribution in [3.05, 3.63) is 57.0 Å². The van der Waals surface area contributed by atoms with Gasteiger partial charge in [-0.05, 0) is 12.1 Å². The van der Waals surface area contributed by atoms with Crippen LogP contribution >= 0.6 is 0 Å². The Bertz CT molecular complexity index is 1160. The number of amides is 1. The summed E-state index contributed by atoms with van der Waals surface area (Å²) in [5.41, 5.74) is 0.425. The molecule has 0 aliphatic heterocycles. The van der Waals surface area contributed by atoms with Gasteiger partial charge in [-0.15, -0.1) is 0 Å². The van der Waals surface area contributed by atoms with Crippen molar-refractivity contribution in [1.82, 2.24) is 18.7 Å². The van der Waals surface area contributed by atoms with E-state index >= 15 is 0 Å². The lowest BCUT2D eigenvalue weighted by atomic mass is 10.2. The number of nitrogens with one attached hydrogen (secondary N) is 1. The van der Waals surface area contributed by atoms with E-state index in [-0.39, 0.29) is 30.0 Å². The third-order valence-electron chi connectivity index (χ3n) is 4.12. The summed E-state index contributed by atoms with van der Waals surface area (Å²) in [5, 5.41) is 11.7. The Hall–Kier alpha value is -3.67. The molecule has 0 saturated carbocycles. The number of carbonyl (C=O) groups excluding carboxylic acids is 1. The summed E-state index contributed by atoms with van der Waals surface area (Å²) in [6.45, 7) is 0.213. The number of hydrogen-bond acceptors (Lipinski definition) is 5. The molecule has 0 fully saturated rings. The number of carbonyl (C=O) groups is 1. The number of nitriles is 1. The number of benzene rings is 1. The molecule has 26 heavy (non-hydrogen) atoms. The molecular formula is C17H16N6O3. The number of fused-ring (bicyclic) bond motifs is 1. The Balaban J connectivity index is 1.83. The molecule has 2 aromatic heterocycles. The maximum atomic E-state index is 12.4. The van der Waals surface area contributed by atoms with Crippen LogP contribution in [0.4, 0.5) is 5.69 Å². The van der Waals surface area contributed by atoms with Crippen LogP contribution in [0.5, 0.6) is 0 Å². The highest BCUT2D eigenvalue weighted by Crippen LogP contribution is 2.14. The third kappa shape index (κ3) is 2.88. The van der Waals surface area contributed by atoms with E-state index in [1.54, 1.807) is 28.8 Å². The van der Waals surface area contributed by atoms with Crippen LogP contribution in [-0.2, 0) is 25.4 Å². The Kier molecular flexibility index (Phi) is 4.41. The van der Waals surface area contributed by atoms with Gasteiger partial charge in [0.1, 0.15) is 6.07 Å². The standard InChI is InChI=1S/C17H16N6O3/c1-21-15-14(16(25)22(2)17(21)26)23(10-19-15)8-7-13(24)20-12-6-4-3-5-11(12)9-18/h3-6,10H,7-8H2,1-2H3,(H,20,24). The monoisotopic (exact) mass is 352 g/mol. The summed E-state index contributed by atoms with van der Waals surface area (Å²) in [6, 6.07) is 8.72. The first kappa shape index (κ1) is 17.2. The van der Waals surface area contributed by atoms with Crippen molar-refractivity contribution in [3.8, 4) is 6.07 Å². The number of imidazole rings is 1. The second-order valence-corrected chi connectivity index (χ2v) is 5.77. The first-order chi connectivity index (χ1) is 12.4. The highest BCUT2D eigenvalue weighted by molar-refractivity contribution is 5.92. The van der Waals surface area contributed by atoms with Gasteiger partial charge in [-0.3, -0.25) is 18.7 Å². The predicted molar refractivity (Wildman–Crippen MR) is 94.6 cm³/mol. The molecule has 2 heterocycles. The van der Waals surface area contributed by atoms with E-state index in [4.69, 9.17) is 5.26 Å². The molecule has 0 aliphatic carbocycles. The van der Waals surface area contributed by atoms with Crippen LogP contribution in [0.25, 0.3) is 11.2 Å². The van der Waals surface area contributed by atoms with Crippen molar-refractivity contribution in [3.63, 3.8) is 0 Å². The largest absolute Gasteiger partial charge is 0.332 e. The van der Waals surface area contributed by atoms with E-state index in [9.17, 15) is 14.4 Å². The number of hydrogen-bond donors (Lipinski definition) is 1. The maximum absolute atomic E-state index is 12.4. The summed E-state index contributed by atoms with van der Waals surface area (Å²) in [6.07, 6.45) is 1.51. The molecule has 9 nitrogen and oxygen atoms in total. The molecule has 0 radical (unpaired) electrons. The first-order valence-electron chi connectivity index (χ1n) is 7.84. The fourth-order valence-electron chi connectivity index (χ4n) is 2.69. The third-order valence-corrected chi connectivity index (χ3v) is 4.12. The zero-order valence-electron chi connectivity index (χ0n) is 14.3. The summed E-state index contributed by atoms with van der Waals surface area (Å²) in [4.78, 5) is 40.6. The zero-order chi connectivity index (χ0) is 18.8. The zero-order valence-corrected chi connectivity index (χ0v) is 14.3. The molecule has 0 aliphatic rings. The van der Waals surface area contributed by atoms with Gasteiger partial charge >= 0.3 is 5.69 Å². The molecule has 3 aromatic rings. The average Bonchev–Trinajstić information content (AvgIpc) is 3.07. The van der Waals surface area contributed by atoms with Gasteiger partial charge in [-0.2, -0.15) is 5.26 Å². The number of para-hydroxylation sites is 1. The van der Waals surface area contributed by atoms with Gasteiger partial charge < -0.3 is 9.88 Å². The minimum Gasteiger partial charge on any atom is -0.325 e. The molecule has 0 spiro atoms. The molecule has 3 rings (SSSR count). The average molecular weight is 352 g/mol. The Labute approximate surface area is 147 Å². The first-order valence-corrected chi connectivity index (χ1v) is 7.84. The van der Waals surface area contributed by atoms with Crippen LogP contribution in [0.2, 0.25) is 0 Å². The van der Waals surface area contributed by atoms with E-state index in [0.29, 0.717) is 11.3 Å². The van der Waals surface area contributed by atoms with E-state index < -0.39 is 11.2 Å². The van der Waals surface area contributed by atoms with Gasteiger partial charge in [-0.1, -0.05) is 12.1 Å². The van der Waals surface area contributed by atoms with Crippen LogP contribution in [0, 0.1) is 11.3 Å². The van der Waals surface area contributed by atoms with E-state index in [1.807, 2.05) is 6.07 Å². The van der Waals surface area contributed by atoms with Crippen LogP contribution < -0.4 is 16.6 Å². The number of aryl methyl sites for hydroxylation is 2. The molecule has 1 N–H and O–H groups in total. The highest BCUT2D eigenvalue weighted by Gasteiger charge is 2.15. The summed E-state index contributed by atoms with van der Waals surface area (Å²) in [5.74, 6) is -0.295. The van der Waals surface area contributed by atoms with Crippen molar-refractivity contribution in [2.24, 2.45) is 14.1 Å². The molecule has 0 atom stereocenters. The predicted octanol–water partition coefficient (Wildman–Crippen LogP) is 0.334. The lowest BCUT2D eigenvalue weighted by Crippen LogP contribution is -2.37. The number of nitrogens with zero attached hydrogens (tertiary/aromatic N) is 5. The lowest BCUT2D eigenvalue weighted by Gasteiger charge is -2.08. The second kappa shape index (κ2) is 6.68. The molecule has 132 valence electrons. The Morgan fingerprint density at radius 3 is 2.69 bits per heavy atom. The smallest absolute Gasteiger partial charge is 0.325 e. The quantitative estimate of drug-likeness (QED) is 0.727. The van der Waals surface area contributed by atoms with Crippen LogP contribution in [0.3, 0.4) is 0 Å². The van der Waals surface area contributed by atoms with Crippen LogP contribution in [0.1, 0.15) is 12.0 Å². The Morgan fingerprint density at radius 1 is 1.23 bits per heavy atom. The van der Waals surface area contributed by atoms with Gasteiger partial charge in [0.15, 0.2) is 11.2 Å². The number of rotatable bonds is 4. The fourth-order valence-corrected chi connectivity index (χ4v) is 2.69. The summed E-state index contributed by atoms with van der Waals surface area (Å²) < 4.78 is 3.84. The van der Waals surface area contributed by atoms with Gasteiger partial charge in [-0.25, -0.2) is 9.78 Å². The van der Waals surface area contributed by atoms with Crippen LogP contribution in [-0.4, -0.2) is 24.6 Å². The van der Waals surface area contributed by atoms with Crippen LogP contribution in [0.15, 0.2) is 40.2 Å². The minimum absolute atomic E-state index is 0.0806. The van der Waals surface area contributed by atoms with Gasteiger partial charge in [0.2, 0.25) is 5.91 Å². The maximum Gasteiger partial charge on any atom is 0.332 e. The molecule has 0 saturated heterocycles. The van der Waals surface area contributed by atoms with Gasteiger partial charge in [0.05, 0.1) is 17.6 Å². The normalized spacial score (nSPS) is 10.7. The molecule has 0 unspecified atom stereocenters. The van der Waals surface area contributed by atoms with E-state index in [0.717, 1.165) is 4.57 Å². The Morgan fingerprint density at radius 2 is 1.96 bits per heavy atom. The minimum atomic E-state index is -0.462. The van der Waals surface area contributed by atoms with Crippen molar-refractivity contribution >= 4 is 22.8 Å². The SMILES string of the molecule is Cn1c(=O)c2c(ncn2CCC(=O)Nc2ccccc2C#N)n(C)c1=O. The van der Waals surface area contributed by atoms with Crippen molar-refractivity contribution < 1.29 is 4.79 Å². The molecular weight excluding hydrogens is 336 g/mol. The summed E-state index contributed by atoms with van der Waals surface area (Å²) in [7, 11) is 2.93. The van der Waals surface area contributed by atoms with E-state index in [1.165, 1.54) is 25.0 Å². The molecule has 9 heteroatoms. The number of anilines is 1. The molecule has 1 aromatic carbocycles. The van der Waals surface area contributed by atoms with Gasteiger partial charge in [0, 0.05) is 27.1 Å². The molecule has 1 amide bonds. The summed E-state index contributed by atoms with van der Waals surface area (Å²) >= 11 is 0. The highest BCUT2D eigenvalue weighted by atomic mass is 16.2. The van der Waals surface area contributed by atoms with Gasteiger partial charge in [0.25, 0.3) is 5.56 Å². The van der Waals surface area contributed by atoms with Crippen molar-refractivity contribution in [1.29, 1.82) is 5.26 Å². The molecule has 0 bridgehead atoms. The fraction of sp³-hybridized carbons (Fsp3) is 0.235. The van der Waals surface area contributed by atoms with Crippen molar-refractivity contribution in [2.75, 3.05) is 5.32 Å².